The first-order valence-corrected chi connectivity index (χ1v) is 10.3. The molecule has 0 radical (unpaired) electrons. The molecule has 1 aromatic carbocycles. The van der Waals surface area contributed by atoms with Crippen LogP contribution in [0.15, 0.2) is 30.3 Å². The molecule has 25 heavy (non-hydrogen) atoms. The monoisotopic (exact) mass is 344 g/mol. The predicted octanol–water partition coefficient (Wildman–Crippen LogP) is 6.92. The van der Waals surface area contributed by atoms with Crippen LogP contribution in [0.1, 0.15) is 107 Å². The van der Waals surface area contributed by atoms with Crippen molar-refractivity contribution in [3.63, 3.8) is 0 Å². The predicted molar refractivity (Wildman–Crippen MR) is 106 cm³/mol. The van der Waals surface area contributed by atoms with E-state index in [1.165, 1.54) is 57.8 Å². The van der Waals surface area contributed by atoms with Crippen molar-refractivity contribution in [1.29, 1.82) is 0 Å². The Labute approximate surface area is 154 Å². The SMILES string of the molecule is CCC(=O)CCCCCCCCCCCCCC(=O)c1ccccc1. The quantitative estimate of drug-likeness (QED) is 0.241. The second-order valence-corrected chi connectivity index (χ2v) is 7.07. The lowest BCUT2D eigenvalue weighted by atomic mass is 10.0. The molecule has 1 aromatic rings. The highest BCUT2D eigenvalue weighted by Gasteiger charge is 2.04. The standard InChI is InChI=1S/C23H36O2/c1-2-22(24)19-15-10-8-6-4-3-5-7-9-11-16-20-23(25)21-17-13-12-14-18-21/h12-14,17-18H,2-11,15-16,19-20H2,1H3. The number of ketones is 2. The van der Waals surface area contributed by atoms with Gasteiger partial charge in [0.1, 0.15) is 5.78 Å². The Bertz CT molecular complexity index is 464. The number of hydrogen-bond acceptors (Lipinski definition) is 2. The fourth-order valence-electron chi connectivity index (χ4n) is 3.14. The summed E-state index contributed by atoms with van der Waals surface area (Å²) in [4.78, 5) is 23.1. The fraction of sp³-hybridized carbons (Fsp3) is 0.652. The minimum absolute atomic E-state index is 0.279. The third-order valence-corrected chi connectivity index (χ3v) is 4.85. The van der Waals surface area contributed by atoms with Crippen LogP contribution in [0.2, 0.25) is 0 Å². The van der Waals surface area contributed by atoms with Crippen molar-refractivity contribution >= 4 is 11.6 Å². The van der Waals surface area contributed by atoms with Crippen LogP contribution in [0, 0.1) is 0 Å². The van der Waals surface area contributed by atoms with Crippen LogP contribution in [0.4, 0.5) is 0 Å². The summed E-state index contributed by atoms with van der Waals surface area (Å²) in [6.07, 6.45) is 15.8. The van der Waals surface area contributed by atoms with Crippen molar-refractivity contribution < 1.29 is 9.59 Å². The molecule has 0 aromatic heterocycles. The molecule has 0 aliphatic heterocycles. The number of rotatable bonds is 16. The van der Waals surface area contributed by atoms with Crippen molar-refractivity contribution in [1.82, 2.24) is 0 Å². The topological polar surface area (TPSA) is 34.1 Å². The molecule has 140 valence electrons. The lowest BCUT2D eigenvalue weighted by Gasteiger charge is -2.03. The van der Waals surface area contributed by atoms with Gasteiger partial charge in [0.25, 0.3) is 0 Å². The molecule has 0 unspecified atom stereocenters. The summed E-state index contributed by atoms with van der Waals surface area (Å²) in [5.41, 5.74) is 0.849. The normalized spacial score (nSPS) is 10.8. The second-order valence-electron chi connectivity index (χ2n) is 7.07. The number of carbonyl (C=O) groups excluding carboxylic acids is 2. The van der Waals surface area contributed by atoms with E-state index < -0.39 is 0 Å². The number of Topliss-reactive ketones (excluding diaryl/α,β-unsaturated/α-hetero) is 2. The third-order valence-electron chi connectivity index (χ3n) is 4.85. The molecule has 0 saturated carbocycles. The summed E-state index contributed by atoms with van der Waals surface area (Å²) >= 11 is 0. The molecule has 0 bridgehead atoms. The zero-order chi connectivity index (χ0) is 18.2. The van der Waals surface area contributed by atoms with Crippen LogP contribution in [0.3, 0.4) is 0 Å². The largest absolute Gasteiger partial charge is 0.300 e. The summed E-state index contributed by atoms with van der Waals surface area (Å²) in [7, 11) is 0. The Morgan fingerprint density at radius 3 is 1.56 bits per heavy atom. The average molecular weight is 345 g/mol. The third kappa shape index (κ3) is 11.7. The maximum absolute atomic E-state index is 12.0. The zero-order valence-electron chi connectivity index (χ0n) is 16.1. The van der Waals surface area contributed by atoms with E-state index >= 15 is 0 Å². The fourth-order valence-corrected chi connectivity index (χ4v) is 3.14. The number of unbranched alkanes of at least 4 members (excludes halogenated alkanes) is 10. The van der Waals surface area contributed by atoms with E-state index in [9.17, 15) is 9.59 Å². The molecule has 0 heterocycles. The van der Waals surface area contributed by atoms with Gasteiger partial charge in [0.2, 0.25) is 0 Å². The van der Waals surface area contributed by atoms with E-state index in [4.69, 9.17) is 0 Å². The molecule has 0 aliphatic rings. The molecule has 0 aliphatic carbocycles. The molecule has 0 spiro atoms. The van der Waals surface area contributed by atoms with E-state index in [0.29, 0.717) is 18.6 Å². The molecule has 0 saturated heterocycles. The van der Waals surface area contributed by atoms with Crippen LogP contribution in [0.25, 0.3) is 0 Å². The first kappa shape index (κ1) is 21.6. The Kier molecular flexibility index (Phi) is 12.8. The average Bonchev–Trinajstić information content (AvgIpc) is 2.65. The minimum Gasteiger partial charge on any atom is -0.300 e. The van der Waals surface area contributed by atoms with E-state index in [0.717, 1.165) is 24.8 Å². The van der Waals surface area contributed by atoms with Crippen LogP contribution in [0.5, 0.6) is 0 Å². The Hall–Kier alpha value is -1.44. The highest BCUT2D eigenvalue weighted by molar-refractivity contribution is 5.95. The van der Waals surface area contributed by atoms with Crippen LogP contribution < -0.4 is 0 Å². The number of hydrogen-bond donors (Lipinski definition) is 0. The van der Waals surface area contributed by atoms with Gasteiger partial charge in [-0.05, 0) is 12.8 Å². The molecule has 0 N–H and O–H groups in total. The van der Waals surface area contributed by atoms with E-state index in [1.807, 2.05) is 37.3 Å². The van der Waals surface area contributed by atoms with Gasteiger partial charge < -0.3 is 0 Å². The Morgan fingerprint density at radius 2 is 1.08 bits per heavy atom. The summed E-state index contributed by atoms with van der Waals surface area (Å²) in [5, 5.41) is 0. The molecule has 0 fully saturated rings. The minimum atomic E-state index is 0.279. The van der Waals surface area contributed by atoms with Gasteiger partial charge in [0.15, 0.2) is 5.78 Å². The lowest BCUT2D eigenvalue weighted by molar-refractivity contribution is -0.118. The molecular formula is C23H36O2. The molecule has 1 rings (SSSR count). The van der Waals surface area contributed by atoms with Crippen molar-refractivity contribution in [2.24, 2.45) is 0 Å². The molecule has 0 atom stereocenters. The maximum Gasteiger partial charge on any atom is 0.162 e. The van der Waals surface area contributed by atoms with Crippen molar-refractivity contribution in [2.75, 3.05) is 0 Å². The molecule has 0 amide bonds. The van der Waals surface area contributed by atoms with E-state index in [-0.39, 0.29) is 5.78 Å². The Balaban J connectivity index is 1.82. The van der Waals surface area contributed by atoms with Crippen LogP contribution in [-0.2, 0) is 4.79 Å². The van der Waals surface area contributed by atoms with Gasteiger partial charge in [-0.1, -0.05) is 95.0 Å². The van der Waals surface area contributed by atoms with Gasteiger partial charge in [-0.15, -0.1) is 0 Å². The van der Waals surface area contributed by atoms with Gasteiger partial charge in [0, 0.05) is 24.8 Å². The summed E-state index contributed by atoms with van der Waals surface area (Å²) in [6.45, 7) is 1.95. The first-order chi connectivity index (χ1) is 12.2. The lowest BCUT2D eigenvalue weighted by Crippen LogP contribution is -1.98. The van der Waals surface area contributed by atoms with Crippen molar-refractivity contribution in [3.05, 3.63) is 35.9 Å². The number of benzene rings is 1. The molecule has 2 nitrogen and oxygen atoms in total. The molecule has 2 heteroatoms. The first-order valence-electron chi connectivity index (χ1n) is 10.3. The van der Waals surface area contributed by atoms with Gasteiger partial charge in [-0.3, -0.25) is 9.59 Å². The number of carbonyl (C=O) groups is 2. The highest BCUT2D eigenvalue weighted by Crippen LogP contribution is 2.14. The van der Waals surface area contributed by atoms with E-state index in [1.54, 1.807) is 0 Å². The van der Waals surface area contributed by atoms with E-state index in [2.05, 4.69) is 0 Å². The summed E-state index contributed by atoms with van der Waals surface area (Å²) in [6, 6.07) is 9.62. The maximum atomic E-state index is 12.0. The van der Waals surface area contributed by atoms with Gasteiger partial charge >= 0.3 is 0 Å². The Morgan fingerprint density at radius 1 is 0.640 bits per heavy atom. The van der Waals surface area contributed by atoms with Crippen molar-refractivity contribution in [2.45, 2.75) is 96.8 Å². The summed E-state index contributed by atoms with van der Waals surface area (Å²) in [5.74, 6) is 0.687. The second kappa shape index (κ2) is 14.9. The zero-order valence-corrected chi connectivity index (χ0v) is 16.1. The van der Waals surface area contributed by atoms with Crippen molar-refractivity contribution in [3.8, 4) is 0 Å². The highest BCUT2D eigenvalue weighted by atomic mass is 16.1. The van der Waals surface area contributed by atoms with Gasteiger partial charge in [-0.25, -0.2) is 0 Å². The summed E-state index contributed by atoms with van der Waals surface area (Å²) < 4.78 is 0. The molecular weight excluding hydrogens is 308 g/mol. The van der Waals surface area contributed by atoms with Gasteiger partial charge in [-0.2, -0.15) is 0 Å². The van der Waals surface area contributed by atoms with Gasteiger partial charge in [0.05, 0.1) is 0 Å². The van der Waals surface area contributed by atoms with Crippen LogP contribution in [-0.4, -0.2) is 11.6 Å². The van der Waals surface area contributed by atoms with Crippen LogP contribution >= 0.6 is 0 Å². The smallest absolute Gasteiger partial charge is 0.162 e.